The molecule has 0 radical (unpaired) electrons. The molecular weight excluding hydrogens is 462 g/mol. The number of amides is 1. The van der Waals surface area contributed by atoms with E-state index in [1.165, 1.54) is 4.68 Å². The Labute approximate surface area is 204 Å². The van der Waals surface area contributed by atoms with Crippen molar-refractivity contribution in [3.63, 3.8) is 0 Å². The lowest BCUT2D eigenvalue weighted by molar-refractivity contribution is 0.0989. The van der Waals surface area contributed by atoms with Gasteiger partial charge in [0.15, 0.2) is 5.69 Å². The molecule has 0 bridgehead atoms. The Hall–Kier alpha value is -5.13. The van der Waals surface area contributed by atoms with Crippen LogP contribution in [-0.4, -0.2) is 43.4 Å². The van der Waals surface area contributed by atoms with E-state index in [9.17, 15) is 9.90 Å². The van der Waals surface area contributed by atoms with Crippen molar-refractivity contribution in [2.45, 2.75) is 13.5 Å². The number of fused-ring (bicyclic) bond motifs is 1. The van der Waals surface area contributed by atoms with Gasteiger partial charge in [0.05, 0.1) is 17.9 Å². The van der Waals surface area contributed by atoms with Gasteiger partial charge in [-0.05, 0) is 41.0 Å². The minimum atomic E-state index is -0.704. The van der Waals surface area contributed by atoms with Gasteiger partial charge in [-0.3, -0.25) is 4.79 Å². The maximum atomic E-state index is 13.2. The van der Waals surface area contributed by atoms with Crippen LogP contribution in [-0.2, 0) is 6.54 Å². The van der Waals surface area contributed by atoms with E-state index in [1.807, 2.05) is 54.4 Å². The van der Waals surface area contributed by atoms with Crippen LogP contribution >= 0.6 is 0 Å². The predicted molar refractivity (Wildman–Crippen MR) is 131 cm³/mol. The summed E-state index contributed by atoms with van der Waals surface area (Å²) in [5.41, 5.74) is 8.26. The zero-order chi connectivity index (χ0) is 25.2. The Morgan fingerprint density at radius 1 is 1.11 bits per heavy atom. The predicted octanol–water partition coefficient (Wildman–Crippen LogP) is 3.96. The summed E-state index contributed by atoms with van der Waals surface area (Å²) < 4.78 is 6.01. The molecule has 0 saturated heterocycles. The normalized spacial score (nSPS) is 11.4. The zero-order valence-corrected chi connectivity index (χ0v) is 19.4. The smallest absolute Gasteiger partial charge is 0.317 e. The third-order valence-electron chi connectivity index (χ3n) is 5.67. The van der Waals surface area contributed by atoms with Crippen molar-refractivity contribution in [3.8, 4) is 11.6 Å². The number of aromatic hydroxyl groups is 1. The van der Waals surface area contributed by atoms with Gasteiger partial charge < -0.3 is 15.7 Å². The Bertz CT molecular complexity index is 1590. The van der Waals surface area contributed by atoms with Gasteiger partial charge in [-0.15, -0.1) is 15.3 Å². The Kier molecular flexibility index (Phi) is 5.82. The molecule has 5 rings (SSSR count). The summed E-state index contributed by atoms with van der Waals surface area (Å²) in [6.07, 6.45) is 0. The maximum Gasteiger partial charge on any atom is 0.317 e. The number of hydrogen-bond acceptors (Lipinski definition) is 10. The summed E-state index contributed by atoms with van der Waals surface area (Å²) in [6.45, 7) is 2.00. The topological polar surface area (TPSA) is 161 Å². The molecule has 3 N–H and O–H groups in total. The fourth-order valence-corrected chi connectivity index (χ4v) is 3.87. The van der Waals surface area contributed by atoms with Crippen LogP contribution in [0.5, 0.6) is 5.75 Å². The number of carbonyl (C=O) groups excluding carboxylic acids is 1. The van der Waals surface area contributed by atoms with Crippen LogP contribution in [0.3, 0.4) is 0 Å². The van der Waals surface area contributed by atoms with Gasteiger partial charge in [0.25, 0.3) is 0 Å². The number of nitrogens with zero attached hydrogens (tertiary/aromatic N) is 8. The highest BCUT2D eigenvalue weighted by Crippen LogP contribution is 2.36. The number of anilines is 2. The molecule has 0 aliphatic carbocycles. The quantitative estimate of drug-likeness (QED) is 0.340. The van der Waals surface area contributed by atoms with E-state index in [-0.39, 0.29) is 29.6 Å². The van der Waals surface area contributed by atoms with Crippen LogP contribution in [0.15, 0.2) is 75.5 Å². The van der Waals surface area contributed by atoms with Crippen LogP contribution in [0.4, 0.5) is 17.2 Å². The van der Waals surface area contributed by atoms with Crippen LogP contribution in [0.1, 0.15) is 21.7 Å². The zero-order valence-electron chi connectivity index (χ0n) is 19.4. The van der Waals surface area contributed by atoms with Crippen molar-refractivity contribution in [2.24, 2.45) is 10.2 Å². The van der Waals surface area contributed by atoms with Gasteiger partial charge in [0, 0.05) is 23.5 Å². The molecule has 0 unspecified atom stereocenters. The number of para-hydroxylation sites is 1. The van der Waals surface area contributed by atoms with Crippen molar-refractivity contribution in [1.82, 2.24) is 25.3 Å². The highest BCUT2D eigenvalue weighted by atomic mass is 16.6. The molecule has 36 heavy (non-hydrogen) atoms. The van der Waals surface area contributed by atoms with E-state index < -0.39 is 5.91 Å². The summed E-state index contributed by atoms with van der Waals surface area (Å²) in [4.78, 5) is 15.1. The average Bonchev–Trinajstić information content (AvgIpc) is 3.49. The van der Waals surface area contributed by atoms with E-state index in [0.717, 1.165) is 5.69 Å². The number of hydrogen-bond donors (Lipinski definition) is 2. The second-order valence-electron chi connectivity index (χ2n) is 8.07. The maximum absolute atomic E-state index is 13.2. The van der Waals surface area contributed by atoms with Gasteiger partial charge in [-0.25, -0.2) is 4.63 Å². The van der Waals surface area contributed by atoms with Crippen LogP contribution in [0.2, 0.25) is 0 Å². The summed E-state index contributed by atoms with van der Waals surface area (Å²) in [5, 5.41) is 35.2. The highest BCUT2D eigenvalue weighted by molar-refractivity contribution is 5.99. The average molecular weight is 483 g/mol. The molecule has 1 amide bonds. The SMILES string of the molecule is Cc1cc(O)c2ccccc2c1N=NC(=O)c1nnn(-c2nonc2N)c1CN(C)c1ccccc1. The third kappa shape index (κ3) is 4.11. The van der Waals surface area contributed by atoms with Crippen molar-refractivity contribution >= 4 is 33.9 Å². The van der Waals surface area contributed by atoms with E-state index in [4.69, 9.17) is 10.4 Å². The molecule has 2 aromatic heterocycles. The monoisotopic (exact) mass is 483 g/mol. The van der Waals surface area contributed by atoms with Gasteiger partial charge in [-0.1, -0.05) is 47.7 Å². The van der Waals surface area contributed by atoms with E-state index in [2.05, 4.69) is 30.9 Å². The van der Waals surface area contributed by atoms with E-state index >= 15 is 0 Å². The molecule has 0 saturated carbocycles. The van der Waals surface area contributed by atoms with Crippen molar-refractivity contribution < 1.29 is 14.5 Å². The summed E-state index contributed by atoms with van der Waals surface area (Å²) >= 11 is 0. The van der Waals surface area contributed by atoms with Gasteiger partial charge in [0.2, 0.25) is 11.6 Å². The first-order chi connectivity index (χ1) is 17.4. The Balaban J connectivity index is 1.54. The number of phenolic OH excluding ortho intramolecular Hbond substituents is 1. The summed E-state index contributed by atoms with van der Waals surface area (Å²) in [6, 6.07) is 18.4. The first kappa shape index (κ1) is 22.7. The molecule has 2 heterocycles. The van der Waals surface area contributed by atoms with Crippen LogP contribution < -0.4 is 10.6 Å². The second-order valence-corrected chi connectivity index (χ2v) is 8.07. The molecule has 3 aromatic carbocycles. The largest absolute Gasteiger partial charge is 0.507 e. The molecule has 0 atom stereocenters. The van der Waals surface area contributed by atoms with Gasteiger partial charge in [-0.2, -0.15) is 4.68 Å². The minimum Gasteiger partial charge on any atom is -0.507 e. The van der Waals surface area contributed by atoms with Crippen molar-refractivity contribution in [3.05, 3.63) is 77.6 Å². The third-order valence-corrected chi connectivity index (χ3v) is 5.67. The Morgan fingerprint density at radius 2 is 1.83 bits per heavy atom. The first-order valence-corrected chi connectivity index (χ1v) is 10.9. The number of aromatic nitrogens is 5. The number of benzene rings is 3. The first-order valence-electron chi connectivity index (χ1n) is 10.9. The molecule has 0 fully saturated rings. The Morgan fingerprint density at radius 3 is 2.56 bits per heavy atom. The molecule has 0 aliphatic heterocycles. The number of nitrogens with two attached hydrogens (primary N) is 1. The fourth-order valence-electron chi connectivity index (χ4n) is 3.87. The molecule has 0 spiro atoms. The number of nitrogen functional groups attached to an aromatic ring is 1. The van der Waals surface area contributed by atoms with Crippen LogP contribution in [0, 0.1) is 6.92 Å². The van der Waals surface area contributed by atoms with E-state index in [0.29, 0.717) is 27.7 Å². The number of rotatable bonds is 6. The van der Waals surface area contributed by atoms with Crippen molar-refractivity contribution in [1.29, 1.82) is 0 Å². The van der Waals surface area contributed by atoms with Crippen LogP contribution in [0.25, 0.3) is 16.6 Å². The second kappa shape index (κ2) is 9.25. The summed E-state index contributed by atoms with van der Waals surface area (Å²) in [7, 11) is 1.86. The minimum absolute atomic E-state index is 0.00433. The molecule has 12 nitrogen and oxygen atoms in total. The number of phenols is 1. The molecule has 0 aliphatic rings. The lowest BCUT2D eigenvalue weighted by atomic mass is 10.0. The standard InChI is InChI=1S/C24H21N9O3/c1-14-12-19(34)16-10-6-7-11-17(16)20(14)26-28-24(35)21-18(13-32(2)15-8-4-3-5-9-15)33(31-27-21)23-22(25)29-36-30-23/h3-12,34H,13H2,1-2H3,(H2,25,29). The van der Waals surface area contributed by atoms with Gasteiger partial charge in [0.1, 0.15) is 5.75 Å². The van der Waals surface area contributed by atoms with Gasteiger partial charge >= 0.3 is 5.91 Å². The lowest BCUT2D eigenvalue weighted by Gasteiger charge is -2.19. The highest BCUT2D eigenvalue weighted by Gasteiger charge is 2.25. The lowest BCUT2D eigenvalue weighted by Crippen LogP contribution is -2.21. The number of azo groups is 1. The molecule has 180 valence electrons. The van der Waals surface area contributed by atoms with Crippen molar-refractivity contribution in [2.75, 3.05) is 17.7 Å². The molecular formula is C24H21N9O3. The summed E-state index contributed by atoms with van der Waals surface area (Å²) in [5.74, 6) is -0.476. The molecule has 5 aromatic rings. The number of carbonyl (C=O) groups is 1. The van der Waals surface area contributed by atoms with E-state index in [1.54, 1.807) is 25.1 Å². The number of aryl methyl sites for hydroxylation is 1. The fraction of sp³-hybridized carbons (Fsp3) is 0.125. The molecule has 12 heteroatoms.